The summed E-state index contributed by atoms with van der Waals surface area (Å²) in [6.45, 7) is 3.50. The van der Waals surface area contributed by atoms with Gasteiger partial charge in [0.2, 0.25) is 10.0 Å². The third kappa shape index (κ3) is 4.45. The van der Waals surface area contributed by atoms with Crippen LogP contribution in [0.25, 0.3) is 0 Å². The zero-order valence-electron chi connectivity index (χ0n) is 16.4. The number of amides is 1. The van der Waals surface area contributed by atoms with Gasteiger partial charge in [0.1, 0.15) is 10.6 Å². The lowest BCUT2D eigenvalue weighted by atomic mass is 10.0. The molecule has 152 valence electrons. The van der Waals surface area contributed by atoms with E-state index < -0.39 is 15.7 Å². The van der Waals surface area contributed by atoms with Crippen LogP contribution in [0.4, 0.5) is 0 Å². The number of piperidine rings is 1. The number of nitrogens with one attached hydrogen (secondary N) is 1. The van der Waals surface area contributed by atoms with Crippen molar-refractivity contribution in [2.45, 2.75) is 49.6 Å². The first kappa shape index (κ1) is 20.6. The first-order valence-electron chi connectivity index (χ1n) is 9.60. The Morgan fingerprint density at radius 1 is 1.43 bits per heavy atom. The summed E-state index contributed by atoms with van der Waals surface area (Å²) in [6.07, 6.45) is 10.5. The van der Waals surface area contributed by atoms with Gasteiger partial charge in [-0.25, -0.2) is 8.42 Å². The number of terminal acetylenes is 1. The molecule has 1 fully saturated rings. The van der Waals surface area contributed by atoms with Crippen LogP contribution in [-0.4, -0.2) is 48.5 Å². The van der Waals surface area contributed by atoms with E-state index >= 15 is 0 Å². The highest BCUT2D eigenvalue weighted by atomic mass is 32.2. The molecule has 1 aromatic heterocycles. The molecule has 0 radical (unpaired) electrons. The summed E-state index contributed by atoms with van der Waals surface area (Å²) in [7, 11) is -1.92. The molecule has 1 aromatic rings. The van der Waals surface area contributed by atoms with E-state index in [2.05, 4.69) is 28.4 Å². The van der Waals surface area contributed by atoms with E-state index in [9.17, 15) is 13.2 Å². The second-order valence-corrected chi connectivity index (χ2v) is 9.61. The van der Waals surface area contributed by atoms with E-state index in [0.717, 1.165) is 12.8 Å². The molecular formula is C19H27N5O3S. The van der Waals surface area contributed by atoms with Crippen LogP contribution in [0.3, 0.4) is 0 Å². The number of sulfonamides is 1. The van der Waals surface area contributed by atoms with Gasteiger partial charge in [0.05, 0.1) is 0 Å². The molecule has 0 bridgehead atoms. The third-order valence-electron chi connectivity index (χ3n) is 5.33. The second kappa shape index (κ2) is 8.05. The van der Waals surface area contributed by atoms with Gasteiger partial charge in [0.25, 0.3) is 5.91 Å². The van der Waals surface area contributed by atoms with E-state index in [0.29, 0.717) is 50.5 Å². The molecule has 1 unspecified atom stereocenters. The highest BCUT2D eigenvalue weighted by Gasteiger charge is 2.38. The van der Waals surface area contributed by atoms with Gasteiger partial charge in [-0.15, -0.1) is 12.3 Å². The van der Waals surface area contributed by atoms with Crippen molar-refractivity contribution in [1.82, 2.24) is 14.2 Å². The summed E-state index contributed by atoms with van der Waals surface area (Å²) in [5, 5.41) is 10.9. The van der Waals surface area contributed by atoms with Crippen LogP contribution in [0.5, 0.6) is 0 Å². The molecule has 9 heteroatoms. The summed E-state index contributed by atoms with van der Waals surface area (Å²) in [6, 6.07) is 1.45. The molecule has 1 N–H and O–H groups in total. The zero-order chi connectivity index (χ0) is 20.4. The number of nitrogens with zero attached hydrogens (tertiary/aromatic N) is 4. The highest BCUT2D eigenvalue weighted by molar-refractivity contribution is 7.89. The Morgan fingerprint density at radius 2 is 2.18 bits per heavy atom. The van der Waals surface area contributed by atoms with E-state index in [1.165, 1.54) is 16.6 Å². The zero-order valence-corrected chi connectivity index (χ0v) is 17.2. The normalized spacial score (nSPS) is 21.2. The van der Waals surface area contributed by atoms with Crippen LogP contribution in [0.15, 0.2) is 27.4 Å². The van der Waals surface area contributed by atoms with Gasteiger partial charge in [0, 0.05) is 52.1 Å². The molecule has 0 spiro atoms. The minimum atomic E-state index is -3.59. The third-order valence-corrected chi connectivity index (χ3v) is 7.16. The van der Waals surface area contributed by atoms with Gasteiger partial charge in [0.15, 0.2) is 5.66 Å². The molecular weight excluding hydrogens is 378 g/mol. The molecule has 3 rings (SSSR count). The summed E-state index contributed by atoms with van der Waals surface area (Å²) >= 11 is 0. The number of rotatable bonds is 8. The van der Waals surface area contributed by atoms with Gasteiger partial charge >= 0.3 is 0 Å². The Labute approximate surface area is 166 Å². The van der Waals surface area contributed by atoms with Crippen molar-refractivity contribution in [3.63, 3.8) is 0 Å². The number of hydrogen-bond donors (Lipinski definition) is 1. The minimum absolute atomic E-state index is 0.159. The average Bonchev–Trinajstić information content (AvgIpc) is 3.31. The van der Waals surface area contributed by atoms with Gasteiger partial charge in [-0.2, -0.15) is 14.5 Å². The van der Waals surface area contributed by atoms with Crippen molar-refractivity contribution < 1.29 is 13.2 Å². The fraction of sp³-hybridized carbons (Fsp3) is 0.632. The second-order valence-electron chi connectivity index (χ2n) is 7.67. The van der Waals surface area contributed by atoms with Crippen LogP contribution in [0, 0.1) is 18.3 Å². The fourth-order valence-corrected chi connectivity index (χ4v) is 5.22. The largest absolute Gasteiger partial charge is 0.351 e. The first-order chi connectivity index (χ1) is 13.3. The van der Waals surface area contributed by atoms with Gasteiger partial charge in [-0.3, -0.25) is 4.79 Å². The SMILES string of the molecule is C#CCCC1(CCNC(=O)c2cc(S(=O)(=O)N3CCCC(C)C3)cn2C)N=N1. The summed E-state index contributed by atoms with van der Waals surface area (Å²) in [4.78, 5) is 12.7. The monoisotopic (exact) mass is 405 g/mol. The topological polar surface area (TPSA) is 96.1 Å². The van der Waals surface area contributed by atoms with Crippen molar-refractivity contribution >= 4 is 15.9 Å². The van der Waals surface area contributed by atoms with E-state index in [1.807, 2.05) is 0 Å². The lowest BCUT2D eigenvalue weighted by molar-refractivity contribution is 0.0943. The Kier molecular flexibility index (Phi) is 5.91. The van der Waals surface area contributed by atoms with Gasteiger partial charge < -0.3 is 9.88 Å². The van der Waals surface area contributed by atoms with Crippen LogP contribution in [0.1, 0.15) is 49.5 Å². The summed E-state index contributed by atoms with van der Waals surface area (Å²) in [5.74, 6) is 2.60. The van der Waals surface area contributed by atoms with E-state index in [1.54, 1.807) is 11.6 Å². The van der Waals surface area contributed by atoms with E-state index in [-0.39, 0.29) is 10.8 Å². The van der Waals surface area contributed by atoms with Crippen molar-refractivity contribution in [1.29, 1.82) is 0 Å². The standard InChI is InChI=1S/C19H27N5O3S/c1-4-5-8-19(21-22-19)9-10-20-18(25)17-12-16(14-23(17)3)28(26,27)24-11-6-7-15(2)13-24/h1,12,14-15H,5-11,13H2,2-3H3,(H,20,25). The molecule has 3 heterocycles. The average molecular weight is 406 g/mol. The van der Waals surface area contributed by atoms with Crippen LogP contribution in [-0.2, 0) is 17.1 Å². The lowest BCUT2D eigenvalue weighted by Crippen LogP contribution is -2.38. The number of aromatic nitrogens is 1. The van der Waals surface area contributed by atoms with Crippen molar-refractivity contribution in [2.75, 3.05) is 19.6 Å². The van der Waals surface area contributed by atoms with Crippen molar-refractivity contribution in [3.05, 3.63) is 18.0 Å². The Morgan fingerprint density at radius 3 is 2.82 bits per heavy atom. The Balaban J connectivity index is 1.62. The maximum Gasteiger partial charge on any atom is 0.267 e. The lowest BCUT2D eigenvalue weighted by Gasteiger charge is -2.29. The smallest absolute Gasteiger partial charge is 0.267 e. The highest BCUT2D eigenvalue weighted by Crippen LogP contribution is 2.36. The molecule has 2 aliphatic rings. The van der Waals surface area contributed by atoms with E-state index in [4.69, 9.17) is 6.42 Å². The van der Waals surface area contributed by atoms with Crippen LogP contribution >= 0.6 is 0 Å². The van der Waals surface area contributed by atoms with Crippen molar-refractivity contribution in [2.24, 2.45) is 23.2 Å². The number of aryl methyl sites for hydroxylation is 1. The van der Waals surface area contributed by atoms with Gasteiger partial charge in [-0.05, 0) is 24.8 Å². The maximum absolute atomic E-state index is 12.9. The summed E-state index contributed by atoms with van der Waals surface area (Å²) in [5.41, 5.74) is -0.140. The fourth-order valence-electron chi connectivity index (χ4n) is 3.55. The molecule has 28 heavy (non-hydrogen) atoms. The molecule has 0 aliphatic carbocycles. The van der Waals surface area contributed by atoms with Crippen molar-refractivity contribution in [3.8, 4) is 12.3 Å². The molecule has 1 atom stereocenters. The number of hydrogen-bond acceptors (Lipinski definition) is 5. The molecule has 1 saturated heterocycles. The predicted octanol–water partition coefficient (Wildman–Crippen LogP) is 2.14. The minimum Gasteiger partial charge on any atom is -0.351 e. The number of carbonyl (C=O) groups excluding carboxylic acids is 1. The summed E-state index contributed by atoms with van der Waals surface area (Å²) < 4.78 is 28.9. The predicted molar refractivity (Wildman–Crippen MR) is 105 cm³/mol. The Hall–Kier alpha value is -2.18. The first-order valence-corrected chi connectivity index (χ1v) is 11.0. The molecule has 8 nitrogen and oxygen atoms in total. The Bertz CT molecular complexity index is 906. The quantitative estimate of drug-likeness (QED) is 0.671. The molecule has 2 aliphatic heterocycles. The molecule has 1 amide bonds. The van der Waals surface area contributed by atoms with Crippen LogP contribution in [0.2, 0.25) is 0 Å². The number of carbonyl (C=O) groups is 1. The van der Waals surface area contributed by atoms with Crippen LogP contribution < -0.4 is 5.32 Å². The van der Waals surface area contributed by atoms with Gasteiger partial charge in [-0.1, -0.05) is 6.92 Å². The molecule has 0 aromatic carbocycles. The maximum atomic E-state index is 12.9. The molecule has 0 saturated carbocycles.